The van der Waals surface area contributed by atoms with Gasteiger partial charge in [0.25, 0.3) is 0 Å². The lowest BCUT2D eigenvalue weighted by atomic mass is 10.1. The van der Waals surface area contributed by atoms with E-state index >= 15 is 0 Å². The van der Waals surface area contributed by atoms with Crippen molar-refractivity contribution in [1.82, 2.24) is 4.90 Å². The fourth-order valence-electron chi connectivity index (χ4n) is 2.03. The van der Waals surface area contributed by atoms with E-state index in [9.17, 15) is 0 Å². The van der Waals surface area contributed by atoms with Gasteiger partial charge in [0, 0.05) is 12.4 Å². The highest BCUT2D eigenvalue weighted by molar-refractivity contribution is 6.17. The Kier molecular flexibility index (Phi) is 7.30. The van der Waals surface area contributed by atoms with E-state index in [0.29, 0.717) is 0 Å². The van der Waals surface area contributed by atoms with Crippen LogP contribution in [-0.4, -0.2) is 24.4 Å². The third-order valence-electron chi connectivity index (χ3n) is 2.96. The second kappa shape index (κ2) is 8.54. The molecule has 0 saturated carbocycles. The Labute approximate surface area is 111 Å². The minimum absolute atomic E-state index is 0.805. The molecule has 1 aromatic rings. The van der Waals surface area contributed by atoms with Gasteiger partial charge in [0.15, 0.2) is 0 Å². The van der Waals surface area contributed by atoms with Gasteiger partial charge in [-0.25, -0.2) is 0 Å². The minimum atomic E-state index is 0.805. The summed E-state index contributed by atoms with van der Waals surface area (Å²) in [5, 5.41) is 0. The first kappa shape index (κ1) is 14.5. The quantitative estimate of drug-likeness (QED) is 0.495. The van der Waals surface area contributed by atoms with E-state index in [4.69, 9.17) is 11.6 Å². The molecule has 1 nitrogen and oxygen atoms in total. The van der Waals surface area contributed by atoms with Crippen LogP contribution in [0.2, 0.25) is 0 Å². The number of unbranched alkanes of at least 4 members (excludes halogenated alkanes) is 3. The van der Waals surface area contributed by atoms with Gasteiger partial charge in [0.1, 0.15) is 0 Å². The van der Waals surface area contributed by atoms with Crippen LogP contribution in [0.5, 0.6) is 0 Å². The zero-order chi connectivity index (χ0) is 12.5. The zero-order valence-electron chi connectivity index (χ0n) is 11.1. The Morgan fingerprint density at radius 2 is 1.88 bits per heavy atom. The Hall–Kier alpha value is -0.530. The molecule has 0 aromatic heterocycles. The smallest absolute Gasteiger partial charge is 0.0230 e. The molecule has 0 N–H and O–H groups in total. The monoisotopic (exact) mass is 253 g/mol. The first-order valence-electron chi connectivity index (χ1n) is 6.52. The van der Waals surface area contributed by atoms with Gasteiger partial charge in [0.2, 0.25) is 0 Å². The molecule has 0 heterocycles. The van der Waals surface area contributed by atoms with Gasteiger partial charge in [-0.05, 0) is 38.9 Å². The first-order valence-corrected chi connectivity index (χ1v) is 7.06. The van der Waals surface area contributed by atoms with E-state index in [-0.39, 0.29) is 0 Å². The maximum absolute atomic E-state index is 5.65. The Morgan fingerprint density at radius 3 is 2.59 bits per heavy atom. The van der Waals surface area contributed by atoms with Crippen LogP contribution < -0.4 is 0 Å². The third-order valence-corrected chi connectivity index (χ3v) is 3.23. The van der Waals surface area contributed by atoms with Gasteiger partial charge in [-0.1, -0.05) is 42.7 Å². The molecule has 0 amide bonds. The lowest BCUT2D eigenvalue weighted by Gasteiger charge is -2.16. The molecule has 96 valence electrons. The maximum Gasteiger partial charge on any atom is 0.0230 e. The van der Waals surface area contributed by atoms with E-state index in [1.165, 1.54) is 36.9 Å². The second-order valence-electron chi connectivity index (χ2n) is 4.83. The molecule has 0 bridgehead atoms. The van der Waals surface area contributed by atoms with Crippen molar-refractivity contribution < 1.29 is 0 Å². The number of hydrogen-bond acceptors (Lipinski definition) is 1. The molecule has 17 heavy (non-hydrogen) atoms. The number of halogens is 1. The van der Waals surface area contributed by atoms with Crippen LogP contribution in [0.4, 0.5) is 0 Å². The topological polar surface area (TPSA) is 3.24 Å². The van der Waals surface area contributed by atoms with E-state index in [1.54, 1.807) is 0 Å². The van der Waals surface area contributed by atoms with Crippen molar-refractivity contribution in [2.24, 2.45) is 0 Å². The fraction of sp³-hybridized carbons (Fsp3) is 0.600. The highest BCUT2D eigenvalue weighted by Crippen LogP contribution is 2.08. The van der Waals surface area contributed by atoms with Crippen LogP contribution in [0, 0.1) is 6.92 Å². The molecule has 1 rings (SSSR count). The SMILES string of the molecule is Cc1cccc(CN(C)CCCCCCCl)c1. The van der Waals surface area contributed by atoms with Gasteiger partial charge in [-0.15, -0.1) is 11.6 Å². The van der Waals surface area contributed by atoms with Crippen molar-refractivity contribution >= 4 is 11.6 Å². The van der Waals surface area contributed by atoms with Crippen LogP contribution >= 0.6 is 11.6 Å². The Bertz CT molecular complexity index is 312. The Balaban J connectivity index is 2.18. The number of hydrogen-bond donors (Lipinski definition) is 0. The lowest BCUT2D eigenvalue weighted by molar-refractivity contribution is 0.317. The highest BCUT2D eigenvalue weighted by Gasteiger charge is 2.00. The van der Waals surface area contributed by atoms with Crippen LogP contribution in [-0.2, 0) is 6.54 Å². The molecule has 0 spiro atoms. The summed E-state index contributed by atoms with van der Waals surface area (Å²) in [6.07, 6.45) is 5.00. The molecule has 2 heteroatoms. The summed E-state index contributed by atoms with van der Waals surface area (Å²) in [7, 11) is 2.20. The van der Waals surface area contributed by atoms with Gasteiger partial charge in [-0.2, -0.15) is 0 Å². The largest absolute Gasteiger partial charge is 0.302 e. The van der Waals surface area contributed by atoms with Crippen LogP contribution in [0.3, 0.4) is 0 Å². The molecular weight excluding hydrogens is 230 g/mol. The number of rotatable bonds is 8. The van der Waals surface area contributed by atoms with E-state index in [0.717, 1.165) is 18.8 Å². The molecule has 0 unspecified atom stereocenters. The van der Waals surface area contributed by atoms with Crippen LogP contribution in [0.15, 0.2) is 24.3 Å². The summed E-state index contributed by atoms with van der Waals surface area (Å²) in [5.74, 6) is 0.805. The Morgan fingerprint density at radius 1 is 1.12 bits per heavy atom. The fourth-order valence-corrected chi connectivity index (χ4v) is 2.22. The molecular formula is C15H24ClN. The second-order valence-corrected chi connectivity index (χ2v) is 5.21. The molecule has 0 aliphatic carbocycles. The summed E-state index contributed by atoms with van der Waals surface area (Å²) in [6.45, 7) is 4.38. The average Bonchev–Trinajstić information content (AvgIpc) is 2.29. The van der Waals surface area contributed by atoms with Gasteiger partial charge < -0.3 is 4.90 Å². The number of alkyl halides is 1. The number of aryl methyl sites for hydroxylation is 1. The molecule has 0 fully saturated rings. The van der Waals surface area contributed by atoms with Crippen molar-refractivity contribution in [3.05, 3.63) is 35.4 Å². The van der Waals surface area contributed by atoms with Crippen LogP contribution in [0.1, 0.15) is 36.8 Å². The van der Waals surface area contributed by atoms with Gasteiger partial charge in [-0.3, -0.25) is 0 Å². The zero-order valence-corrected chi connectivity index (χ0v) is 11.8. The van der Waals surface area contributed by atoms with Crippen molar-refractivity contribution in [2.75, 3.05) is 19.5 Å². The van der Waals surface area contributed by atoms with Crippen molar-refractivity contribution in [3.8, 4) is 0 Å². The van der Waals surface area contributed by atoms with Gasteiger partial charge >= 0.3 is 0 Å². The average molecular weight is 254 g/mol. The highest BCUT2D eigenvalue weighted by atomic mass is 35.5. The normalized spacial score (nSPS) is 11.1. The summed E-state index contributed by atoms with van der Waals surface area (Å²) in [5.41, 5.74) is 2.76. The summed E-state index contributed by atoms with van der Waals surface area (Å²) < 4.78 is 0. The van der Waals surface area contributed by atoms with Gasteiger partial charge in [0.05, 0.1) is 0 Å². The van der Waals surface area contributed by atoms with E-state index in [2.05, 4.69) is 43.1 Å². The molecule has 0 aliphatic rings. The standard InChI is InChI=1S/C15H24ClN/c1-14-8-7-9-15(12-14)13-17(2)11-6-4-3-5-10-16/h7-9,12H,3-6,10-11,13H2,1-2H3. The predicted molar refractivity (Wildman–Crippen MR) is 76.7 cm³/mol. The molecule has 0 atom stereocenters. The minimum Gasteiger partial charge on any atom is -0.302 e. The molecule has 0 radical (unpaired) electrons. The van der Waals surface area contributed by atoms with E-state index < -0.39 is 0 Å². The summed E-state index contributed by atoms with van der Waals surface area (Å²) in [4.78, 5) is 2.40. The maximum atomic E-state index is 5.65. The number of benzene rings is 1. The van der Waals surface area contributed by atoms with Crippen molar-refractivity contribution in [2.45, 2.75) is 39.2 Å². The predicted octanol–water partition coefficient (Wildman–Crippen LogP) is 4.23. The summed E-state index contributed by atoms with van der Waals surface area (Å²) in [6, 6.07) is 8.76. The summed E-state index contributed by atoms with van der Waals surface area (Å²) >= 11 is 5.65. The molecule has 0 saturated heterocycles. The first-order chi connectivity index (χ1) is 8.22. The van der Waals surface area contributed by atoms with E-state index in [1.807, 2.05) is 0 Å². The third kappa shape index (κ3) is 6.70. The molecule has 0 aliphatic heterocycles. The van der Waals surface area contributed by atoms with Crippen LogP contribution in [0.25, 0.3) is 0 Å². The van der Waals surface area contributed by atoms with Crippen molar-refractivity contribution in [1.29, 1.82) is 0 Å². The lowest BCUT2D eigenvalue weighted by Crippen LogP contribution is -2.19. The number of nitrogens with zero attached hydrogens (tertiary/aromatic N) is 1. The molecule has 1 aromatic carbocycles. The van der Waals surface area contributed by atoms with Crippen molar-refractivity contribution in [3.63, 3.8) is 0 Å².